The molecule has 1 aliphatic carbocycles. The van der Waals surface area contributed by atoms with Crippen molar-refractivity contribution in [2.75, 3.05) is 0 Å². The molecule has 1 heteroatoms. The number of benzene rings is 1. The van der Waals surface area contributed by atoms with Crippen molar-refractivity contribution in [1.82, 2.24) is 0 Å². The van der Waals surface area contributed by atoms with Crippen LogP contribution in [0.2, 0.25) is 0 Å². The fourth-order valence-electron chi connectivity index (χ4n) is 1.84. The number of hydrogen-bond donors (Lipinski definition) is 0. The van der Waals surface area contributed by atoms with E-state index in [2.05, 4.69) is 63.3 Å². The Bertz CT molecular complexity index is 430. The maximum Gasteiger partial charge on any atom is 0.0119 e. The van der Waals surface area contributed by atoms with Crippen molar-refractivity contribution < 1.29 is 0 Å². The van der Waals surface area contributed by atoms with Gasteiger partial charge in [-0.3, -0.25) is 0 Å². The maximum absolute atomic E-state index is 2.25. The molecule has 0 bridgehead atoms. The van der Waals surface area contributed by atoms with E-state index in [-0.39, 0.29) is 5.41 Å². The highest BCUT2D eigenvalue weighted by Crippen LogP contribution is 2.33. The van der Waals surface area contributed by atoms with Crippen molar-refractivity contribution in [2.45, 2.75) is 43.9 Å². The lowest BCUT2D eigenvalue weighted by Crippen LogP contribution is -2.10. The van der Waals surface area contributed by atoms with E-state index in [1.807, 2.05) is 11.8 Å². The van der Waals surface area contributed by atoms with Gasteiger partial charge in [-0.1, -0.05) is 62.9 Å². The molecular formula is C16H20S. The van der Waals surface area contributed by atoms with Crippen molar-refractivity contribution in [1.29, 1.82) is 0 Å². The van der Waals surface area contributed by atoms with Crippen LogP contribution < -0.4 is 0 Å². The van der Waals surface area contributed by atoms with E-state index in [0.29, 0.717) is 0 Å². The van der Waals surface area contributed by atoms with Crippen molar-refractivity contribution in [3.05, 3.63) is 53.0 Å². The summed E-state index contributed by atoms with van der Waals surface area (Å²) in [6.07, 6.45) is 8.98. The Labute approximate surface area is 109 Å². The van der Waals surface area contributed by atoms with Crippen molar-refractivity contribution in [3.8, 4) is 0 Å². The van der Waals surface area contributed by atoms with Gasteiger partial charge in [0.05, 0.1) is 0 Å². The fraction of sp³-hybridized carbons (Fsp3) is 0.375. The second kappa shape index (κ2) is 5.14. The van der Waals surface area contributed by atoms with Gasteiger partial charge < -0.3 is 0 Å². The molecule has 1 aromatic carbocycles. The van der Waals surface area contributed by atoms with Crippen molar-refractivity contribution >= 4 is 11.8 Å². The maximum atomic E-state index is 2.25. The standard InChI is InChI=1S/C16H20S/c1-16(2,3)13-9-11-15(12-10-13)17-14-7-5-4-6-8-14/h4-5,7,9-12H,6,8H2,1-3H3. The van der Waals surface area contributed by atoms with Crippen LogP contribution in [0.15, 0.2) is 52.3 Å². The molecule has 0 atom stereocenters. The first kappa shape index (κ1) is 12.5. The smallest absolute Gasteiger partial charge is 0.0119 e. The van der Waals surface area contributed by atoms with Crippen LogP contribution in [0.25, 0.3) is 0 Å². The second-order valence-electron chi connectivity index (χ2n) is 5.48. The lowest BCUT2D eigenvalue weighted by molar-refractivity contribution is 0.590. The lowest BCUT2D eigenvalue weighted by atomic mass is 9.87. The highest BCUT2D eigenvalue weighted by atomic mass is 32.2. The molecule has 0 spiro atoms. The first-order chi connectivity index (χ1) is 8.05. The van der Waals surface area contributed by atoms with Gasteiger partial charge in [0.1, 0.15) is 0 Å². The summed E-state index contributed by atoms with van der Waals surface area (Å²) in [5.41, 5.74) is 1.65. The highest BCUT2D eigenvalue weighted by Gasteiger charge is 2.13. The molecule has 0 unspecified atom stereocenters. The van der Waals surface area contributed by atoms with Crippen LogP contribution in [-0.4, -0.2) is 0 Å². The van der Waals surface area contributed by atoms with Crippen LogP contribution in [0.1, 0.15) is 39.2 Å². The molecular weight excluding hydrogens is 224 g/mol. The summed E-state index contributed by atoms with van der Waals surface area (Å²) in [4.78, 5) is 2.82. The van der Waals surface area contributed by atoms with Gasteiger partial charge in [0.2, 0.25) is 0 Å². The van der Waals surface area contributed by atoms with Gasteiger partial charge in [-0.25, -0.2) is 0 Å². The molecule has 0 heterocycles. The van der Waals surface area contributed by atoms with E-state index in [1.54, 1.807) is 0 Å². The molecule has 1 aromatic rings. The van der Waals surface area contributed by atoms with Gasteiger partial charge in [-0.2, -0.15) is 0 Å². The molecule has 0 amide bonds. The van der Waals surface area contributed by atoms with Crippen LogP contribution in [0, 0.1) is 0 Å². The summed E-state index contributed by atoms with van der Waals surface area (Å²) < 4.78 is 0. The molecule has 0 nitrogen and oxygen atoms in total. The number of hydrogen-bond acceptors (Lipinski definition) is 1. The molecule has 0 N–H and O–H groups in total. The summed E-state index contributed by atoms with van der Waals surface area (Å²) in [5, 5.41) is 0. The van der Waals surface area contributed by atoms with Gasteiger partial charge in [-0.15, -0.1) is 0 Å². The molecule has 0 aromatic heterocycles. The van der Waals surface area contributed by atoms with Crippen molar-refractivity contribution in [3.63, 3.8) is 0 Å². The Morgan fingerprint density at radius 2 is 1.76 bits per heavy atom. The summed E-state index contributed by atoms with van der Waals surface area (Å²) in [6, 6.07) is 8.98. The largest absolute Gasteiger partial charge is 0.0945 e. The Hall–Kier alpha value is -0.950. The van der Waals surface area contributed by atoms with Crippen LogP contribution in [-0.2, 0) is 5.41 Å². The van der Waals surface area contributed by atoms with E-state index in [1.165, 1.54) is 28.2 Å². The number of allylic oxidation sites excluding steroid dienone is 4. The highest BCUT2D eigenvalue weighted by molar-refractivity contribution is 8.03. The molecule has 0 aliphatic heterocycles. The number of thioether (sulfide) groups is 1. The molecule has 17 heavy (non-hydrogen) atoms. The molecule has 1 aliphatic rings. The van der Waals surface area contributed by atoms with E-state index in [9.17, 15) is 0 Å². The average molecular weight is 244 g/mol. The second-order valence-corrected chi connectivity index (χ2v) is 6.68. The van der Waals surface area contributed by atoms with Gasteiger partial charge in [0.25, 0.3) is 0 Å². The summed E-state index contributed by atoms with van der Waals surface area (Å²) in [7, 11) is 0. The van der Waals surface area contributed by atoms with Crippen molar-refractivity contribution in [2.24, 2.45) is 0 Å². The third-order valence-corrected chi connectivity index (χ3v) is 4.06. The van der Waals surface area contributed by atoms with E-state index in [0.717, 1.165) is 0 Å². The first-order valence-electron chi connectivity index (χ1n) is 6.20. The fourth-order valence-corrected chi connectivity index (χ4v) is 2.78. The Kier molecular flexibility index (Phi) is 3.78. The Morgan fingerprint density at radius 1 is 1.06 bits per heavy atom. The zero-order chi connectivity index (χ0) is 12.3. The van der Waals surface area contributed by atoms with Gasteiger partial charge >= 0.3 is 0 Å². The molecule has 0 radical (unpaired) electrons. The van der Waals surface area contributed by atoms with Crippen LogP contribution in [0.5, 0.6) is 0 Å². The van der Waals surface area contributed by atoms with Gasteiger partial charge in [0, 0.05) is 4.90 Å². The molecule has 0 fully saturated rings. The molecule has 90 valence electrons. The third kappa shape index (κ3) is 3.50. The normalized spacial score (nSPS) is 15.8. The van der Waals surface area contributed by atoms with E-state index < -0.39 is 0 Å². The van der Waals surface area contributed by atoms with E-state index in [4.69, 9.17) is 0 Å². The average Bonchev–Trinajstić information content (AvgIpc) is 2.30. The third-order valence-electron chi connectivity index (χ3n) is 2.94. The van der Waals surface area contributed by atoms with Crippen LogP contribution in [0.4, 0.5) is 0 Å². The molecule has 2 rings (SSSR count). The summed E-state index contributed by atoms with van der Waals surface area (Å²) in [6.45, 7) is 6.76. The molecule has 0 saturated carbocycles. The lowest BCUT2D eigenvalue weighted by Gasteiger charge is -2.19. The minimum Gasteiger partial charge on any atom is -0.0945 e. The SMILES string of the molecule is CC(C)(C)c1ccc(SC2=CC=CCC2)cc1. The predicted molar refractivity (Wildman–Crippen MR) is 77.5 cm³/mol. The Morgan fingerprint density at radius 3 is 2.29 bits per heavy atom. The summed E-state index contributed by atoms with van der Waals surface area (Å²) in [5.74, 6) is 0. The van der Waals surface area contributed by atoms with Crippen LogP contribution >= 0.6 is 11.8 Å². The zero-order valence-electron chi connectivity index (χ0n) is 10.9. The topological polar surface area (TPSA) is 0 Å². The quantitative estimate of drug-likeness (QED) is 0.679. The predicted octanol–water partition coefficient (Wildman–Crippen LogP) is 5.31. The first-order valence-corrected chi connectivity index (χ1v) is 7.01. The van der Waals surface area contributed by atoms with Gasteiger partial charge in [0.15, 0.2) is 0 Å². The van der Waals surface area contributed by atoms with Crippen LogP contribution in [0.3, 0.4) is 0 Å². The van der Waals surface area contributed by atoms with Gasteiger partial charge in [-0.05, 0) is 40.9 Å². The summed E-state index contributed by atoms with van der Waals surface area (Å²) >= 11 is 1.89. The monoisotopic (exact) mass is 244 g/mol. The van der Waals surface area contributed by atoms with E-state index >= 15 is 0 Å². The number of rotatable bonds is 2. The minimum absolute atomic E-state index is 0.246. The minimum atomic E-state index is 0.246. The zero-order valence-corrected chi connectivity index (χ0v) is 11.7. The molecule has 0 saturated heterocycles. The Balaban J connectivity index is 2.08.